The molecule has 1 atom stereocenters. The SMILES string of the molecule is O=C(COCC1CCCN1S(=O)(=O)c1c(Cl)cc(Cl)cc1Cl)NCc1ccc(CN2CCOCC2)cc1. The summed E-state index contributed by atoms with van der Waals surface area (Å²) >= 11 is 18.3. The number of ether oxygens (including phenoxy) is 2. The third kappa shape index (κ3) is 7.58. The van der Waals surface area contributed by atoms with Gasteiger partial charge < -0.3 is 14.8 Å². The van der Waals surface area contributed by atoms with E-state index in [1.54, 1.807) is 0 Å². The van der Waals surface area contributed by atoms with E-state index in [0.29, 0.717) is 25.9 Å². The van der Waals surface area contributed by atoms with E-state index in [2.05, 4.69) is 22.3 Å². The van der Waals surface area contributed by atoms with Gasteiger partial charge in [-0.3, -0.25) is 9.69 Å². The minimum atomic E-state index is -3.96. The quantitative estimate of drug-likeness (QED) is 0.451. The number of rotatable bonds is 10. The Morgan fingerprint density at radius 3 is 2.35 bits per heavy atom. The van der Waals surface area contributed by atoms with E-state index >= 15 is 0 Å². The first-order chi connectivity index (χ1) is 17.7. The summed E-state index contributed by atoms with van der Waals surface area (Å²) < 4.78 is 38.8. The minimum absolute atomic E-state index is 0.0300. The van der Waals surface area contributed by atoms with Gasteiger partial charge >= 0.3 is 0 Å². The molecule has 37 heavy (non-hydrogen) atoms. The van der Waals surface area contributed by atoms with Crippen LogP contribution in [-0.2, 0) is 37.4 Å². The van der Waals surface area contributed by atoms with Crippen LogP contribution >= 0.6 is 34.8 Å². The maximum Gasteiger partial charge on any atom is 0.246 e. The first kappa shape index (κ1) is 28.6. The highest BCUT2D eigenvalue weighted by molar-refractivity contribution is 7.89. The Bertz CT molecular complexity index is 1170. The molecule has 2 fully saturated rings. The van der Waals surface area contributed by atoms with Gasteiger partial charge in [0.25, 0.3) is 0 Å². The predicted octanol–water partition coefficient (Wildman–Crippen LogP) is 3.97. The molecule has 2 aromatic rings. The lowest BCUT2D eigenvalue weighted by Crippen LogP contribution is -2.39. The van der Waals surface area contributed by atoms with Crippen molar-refractivity contribution in [2.24, 2.45) is 0 Å². The fraction of sp³-hybridized carbons (Fsp3) is 0.480. The molecule has 0 spiro atoms. The fourth-order valence-electron chi connectivity index (χ4n) is 4.50. The molecule has 0 radical (unpaired) electrons. The van der Waals surface area contributed by atoms with Crippen molar-refractivity contribution < 1.29 is 22.7 Å². The minimum Gasteiger partial charge on any atom is -0.379 e. The first-order valence-corrected chi connectivity index (χ1v) is 14.7. The average Bonchev–Trinajstić information content (AvgIpc) is 3.33. The fourth-order valence-corrected chi connectivity index (χ4v) is 7.68. The molecule has 12 heteroatoms. The monoisotopic (exact) mass is 589 g/mol. The standard InChI is InChI=1S/C25H30Cl3N3O5S/c26-20-12-22(27)25(23(28)13-20)37(33,34)31-7-1-2-21(31)16-36-17-24(32)29-14-18-3-5-19(6-4-18)15-30-8-10-35-11-9-30/h3-6,12-13,21H,1-2,7-11,14-17H2,(H,29,32). The smallest absolute Gasteiger partial charge is 0.246 e. The number of benzene rings is 2. The largest absolute Gasteiger partial charge is 0.379 e. The highest BCUT2D eigenvalue weighted by Crippen LogP contribution is 2.37. The molecule has 4 rings (SSSR count). The Balaban J connectivity index is 1.23. The second-order valence-corrected chi connectivity index (χ2v) is 12.2. The lowest BCUT2D eigenvalue weighted by Gasteiger charge is -2.26. The van der Waals surface area contributed by atoms with Gasteiger partial charge in [-0.2, -0.15) is 4.31 Å². The van der Waals surface area contributed by atoms with Crippen LogP contribution in [0.25, 0.3) is 0 Å². The lowest BCUT2D eigenvalue weighted by atomic mass is 10.1. The van der Waals surface area contributed by atoms with Gasteiger partial charge in [0.2, 0.25) is 15.9 Å². The van der Waals surface area contributed by atoms with Crippen molar-refractivity contribution in [2.75, 3.05) is 46.1 Å². The van der Waals surface area contributed by atoms with Gasteiger partial charge in [0.1, 0.15) is 11.5 Å². The van der Waals surface area contributed by atoms with Crippen LogP contribution in [0.15, 0.2) is 41.3 Å². The van der Waals surface area contributed by atoms with Crippen molar-refractivity contribution in [3.8, 4) is 0 Å². The molecule has 0 bridgehead atoms. The summed E-state index contributed by atoms with van der Waals surface area (Å²) in [5.74, 6) is -0.270. The van der Waals surface area contributed by atoms with Crippen LogP contribution in [0.3, 0.4) is 0 Å². The van der Waals surface area contributed by atoms with Crippen LogP contribution in [0.2, 0.25) is 15.1 Å². The van der Waals surface area contributed by atoms with E-state index < -0.39 is 16.1 Å². The summed E-state index contributed by atoms with van der Waals surface area (Å²) in [5, 5.41) is 3.04. The van der Waals surface area contributed by atoms with Crippen LogP contribution in [-0.4, -0.2) is 75.6 Å². The first-order valence-electron chi connectivity index (χ1n) is 12.1. The zero-order valence-electron chi connectivity index (χ0n) is 20.3. The number of morpholine rings is 1. The van der Waals surface area contributed by atoms with Gasteiger partial charge in [0, 0.05) is 43.8 Å². The summed E-state index contributed by atoms with van der Waals surface area (Å²) in [6, 6.07) is 10.4. The summed E-state index contributed by atoms with van der Waals surface area (Å²) in [4.78, 5) is 14.5. The van der Waals surface area contributed by atoms with E-state index in [0.717, 1.165) is 38.4 Å². The maximum absolute atomic E-state index is 13.3. The number of sulfonamides is 1. The zero-order valence-corrected chi connectivity index (χ0v) is 23.4. The van der Waals surface area contributed by atoms with E-state index in [-0.39, 0.29) is 39.1 Å². The molecule has 0 aromatic heterocycles. The maximum atomic E-state index is 13.3. The average molecular weight is 591 g/mol. The summed E-state index contributed by atoms with van der Waals surface area (Å²) in [5.41, 5.74) is 2.21. The second kappa shape index (κ2) is 13.1. The lowest BCUT2D eigenvalue weighted by molar-refractivity contribution is -0.126. The second-order valence-electron chi connectivity index (χ2n) is 9.11. The van der Waals surface area contributed by atoms with E-state index in [9.17, 15) is 13.2 Å². The Labute approximate surface area is 232 Å². The highest BCUT2D eigenvalue weighted by atomic mass is 35.5. The number of hydrogen-bond acceptors (Lipinski definition) is 6. The normalized spacial score (nSPS) is 19.3. The molecule has 1 unspecified atom stereocenters. The number of nitrogens with zero attached hydrogens (tertiary/aromatic N) is 2. The van der Waals surface area contributed by atoms with E-state index in [1.807, 2.05) is 12.1 Å². The van der Waals surface area contributed by atoms with Gasteiger partial charge in [-0.15, -0.1) is 0 Å². The highest BCUT2D eigenvalue weighted by Gasteiger charge is 2.38. The number of carbonyl (C=O) groups is 1. The molecule has 2 saturated heterocycles. The molecule has 8 nitrogen and oxygen atoms in total. The number of amides is 1. The van der Waals surface area contributed by atoms with Crippen molar-refractivity contribution in [2.45, 2.75) is 36.9 Å². The van der Waals surface area contributed by atoms with Crippen molar-refractivity contribution in [1.29, 1.82) is 0 Å². The molecule has 1 N–H and O–H groups in total. The molecular formula is C25H30Cl3N3O5S. The summed E-state index contributed by atoms with van der Waals surface area (Å²) in [7, 11) is -3.96. The molecular weight excluding hydrogens is 561 g/mol. The molecule has 202 valence electrons. The van der Waals surface area contributed by atoms with E-state index in [1.165, 1.54) is 22.0 Å². The molecule has 2 aromatic carbocycles. The van der Waals surface area contributed by atoms with Gasteiger partial charge in [-0.25, -0.2) is 8.42 Å². The van der Waals surface area contributed by atoms with Crippen molar-refractivity contribution in [3.05, 3.63) is 62.6 Å². The molecule has 2 heterocycles. The zero-order chi connectivity index (χ0) is 26.4. The van der Waals surface area contributed by atoms with Crippen molar-refractivity contribution in [1.82, 2.24) is 14.5 Å². The topological polar surface area (TPSA) is 88.2 Å². The molecule has 1 amide bonds. The molecule has 2 aliphatic heterocycles. The van der Waals surface area contributed by atoms with Gasteiger partial charge in [0.05, 0.1) is 29.9 Å². The number of nitrogens with one attached hydrogen (secondary N) is 1. The van der Waals surface area contributed by atoms with Crippen LogP contribution in [0, 0.1) is 0 Å². The Hall–Kier alpha value is -1.43. The van der Waals surface area contributed by atoms with Crippen molar-refractivity contribution in [3.63, 3.8) is 0 Å². The Kier molecular flexibility index (Phi) is 10.1. The number of carbonyl (C=O) groups excluding carboxylic acids is 1. The molecule has 2 aliphatic rings. The summed E-state index contributed by atoms with van der Waals surface area (Å²) in [6.07, 6.45) is 1.28. The number of hydrogen-bond donors (Lipinski definition) is 1. The van der Waals surface area contributed by atoms with Crippen LogP contribution < -0.4 is 5.32 Å². The Morgan fingerprint density at radius 2 is 1.68 bits per heavy atom. The van der Waals surface area contributed by atoms with Crippen LogP contribution in [0.4, 0.5) is 0 Å². The van der Waals surface area contributed by atoms with Gasteiger partial charge in [-0.1, -0.05) is 59.1 Å². The van der Waals surface area contributed by atoms with Crippen LogP contribution in [0.1, 0.15) is 24.0 Å². The summed E-state index contributed by atoms with van der Waals surface area (Å²) in [6.45, 7) is 4.92. The third-order valence-corrected chi connectivity index (χ3v) is 9.51. The van der Waals surface area contributed by atoms with Gasteiger partial charge in [-0.05, 0) is 36.1 Å². The van der Waals surface area contributed by atoms with Gasteiger partial charge in [0.15, 0.2) is 0 Å². The van der Waals surface area contributed by atoms with Crippen molar-refractivity contribution >= 4 is 50.7 Å². The third-order valence-electron chi connectivity index (χ3n) is 6.42. The van der Waals surface area contributed by atoms with E-state index in [4.69, 9.17) is 44.3 Å². The predicted molar refractivity (Wildman–Crippen MR) is 144 cm³/mol. The Morgan fingerprint density at radius 1 is 1.03 bits per heavy atom. The van der Waals surface area contributed by atoms with Crippen LogP contribution in [0.5, 0.6) is 0 Å². The molecule has 0 aliphatic carbocycles. The molecule has 0 saturated carbocycles. The number of halogens is 3.